The Kier molecular flexibility index (Phi) is 7.61. The smallest absolute Gasteiger partial charge is 0.222 e. The summed E-state index contributed by atoms with van der Waals surface area (Å²) in [6, 6.07) is 19.6. The number of ether oxygens (including phenoxy) is 1. The number of nitrogens with one attached hydrogen (secondary N) is 1. The van der Waals surface area contributed by atoms with Crippen LogP contribution in [-0.4, -0.2) is 54.0 Å². The van der Waals surface area contributed by atoms with Crippen LogP contribution < -0.4 is 10.1 Å². The van der Waals surface area contributed by atoms with Crippen molar-refractivity contribution in [2.24, 2.45) is 9.98 Å². The van der Waals surface area contributed by atoms with Crippen LogP contribution in [0, 0.1) is 6.92 Å². The maximum absolute atomic E-state index is 13.2. The highest BCUT2D eigenvalue weighted by Gasteiger charge is 2.20. The molecule has 0 unspecified atom stereocenters. The van der Waals surface area contributed by atoms with Gasteiger partial charge in [-0.15, -0.1) is 0 Å². The van der Waals surface area contributed by atoms with Crippen LogP contribution in [0.2, 0.25) is 5.02 Å². The van der Waals surface area contributed by atoms with Crippen molar-refractivity contribution >= 4 is 28.9 Å². The maximum Gasteiger partial charge on any atom is 0.222 e. The first-order valence-corrected chi connectivity index (χ1v) is 14.2. The number of ketones is 1. The molecule has 0 radical (unpaired) electrons. The molecule has 0 atom stereocenters. The zero-order valence-corrected chi connectivity index (χ0v) is 23.8. The second-order valence-corrected chi connectivity index (χ2v) is 10.5. The van der Waals surface area contributed by atoms with E-state index in [2.05, 4.69) is 20.3 Å². The lowest BCUT2D eigenvalue weighted by molar-refractivity contribution is 0.0988. The van der Waals surface area contributed by atoms with Gasteiger partial charge in [-0.3, -0.25) is 19.8 Å². The third-order valence-electron chi connectivity index (χ3n) is 7.60. The van der Waals surface area contributed by atoms with Crippen LogP contribution in [-0.2, 0) is 6.42 Å². The molecule has 0 saturated heterocycles. The van der Waals surface area contributed by atoms with E-state index in [0.717, 1.165) is 88.7 Å². The molecule has 0 saturated carbocycles. The standard InChI is InChI=1S/C33H30ClN5O2/c1-20-21(18-30(40)29-13-11-22(19-38-29)32-36-16-17-37-32)6-3-7-23(20)24-8-4-9-25(31(24)34)28-14-12-26(33(39-28)41-2)27-10-5-15-35-27/h3-4,6-9,11-14,19H,5,10,15-18H2,1-2H3,(H,36,37). The quantitative estimate of drug-likeness (QED) is 0.260. The first kappa shape index (κ1) is 26.8. The first-order valence-electron chi connectivity index (χ1n) is 13.8. The Morgan fingerprint density at radius 3 is 2.51 bits per heavy atom. The van der Waals surface area contributed by atoms with E-state index in [1.54, 1.807) is 19.4 Å². The molecule has 0 amide bonds. The molecule has 206 valence electrons. The van der Waals surface area contributed by atoms with Crippen molar-refractivity contribution in [3.63, 3.8) is 0 Å². The van der Waals surface area contributed by atoms with E-state index in [0.29, 0.717) is 16.6 Å². The predicted octanol–water partition coefficient (Wildman–Crippen LogP) is 6.14. The molecule has 8 heteroatoms. The summed E-state index contributed by atoms with van der Waals surface area (Å²) in [6.45, 7) is 4.45. The molecule has 0 aliphatic carbocycles. The van der Waals surface area contributed by atoms with Crippen LogP contribution in [0.5, 0.6) is 5.88 Å². The third kappa shape index (κ3) is 5.37. The SMILES string of the molecule is COc1nc(-c2cccc(-c3cccc(CC(=O)c4ccc(C5=NCCN5)cn4)c3C)c2Cl)ccc1C1=NCCC1. The van der Waals surface area contributed by atoms with Crippen LogP contribution >= 0.6 is 11.6 Å². The lowest BCUT2D eigenvalue weighted by atomic mass is 9.92. The summed E-state index contributed by atoms with van der Waals surface area (Å²) in [5.41, 5.74) is 8.63. The Labute approximate surface area is 244 Å². The van der Waals surface area contributed by atoms with Crippen molar-refractivity contribution in [2.45, 2.75) is 26.2 Å². The maximum atomic E-state index is 13.2. The molecular formula is C33H30ClN5O2. The molecule has 0 fully saturated rings. The average molecular weight is 564 g/mol. The van der Waals surface area contributed by atoms with Crippen LogP contribution in [0.1, 0.15) is 45.6 Å². The number of pyridine rings is 2. The van der Waals surface area contributed by atoms with Gasteiger partial charge in [0, 0.05) is 48.1 Å². The molecule has 41 heavy (non-hydrogen) atoms. The number of carbonyl (C=O) groups excluding carboxylic acids is 1. The molecule has 4 aromatic rings. The fraction of sp³-hybridized carbons (Fsp3) is 0.242. The van der Waals surface area contributed by atoms with Crippen LogP contribution in [0.4, 0.5) is 0 Å². The van der Waals surface area contributed by atoms with Gasteiger partial charge in [-0.25, -0.2) is 4.98 Å². The van der Waals surface area contributed by atoms with E-state index in [1.165, 1.54) is 0 Å². The molecule has 4 heterocycles. The average Bonchev–Trinajstić information content (AvgIpc) is 3.74. The summed E-state index contributed by atoms with van der Waals surface area (Å²) in [5.74, 6) is 1.34. The lowest BCUT2D eigenvalue weighted by Crippen LogP contribution is -2.20. The number of hydrogen-bond acceptors (Lipinski definition) is 7. The lowest BCUT2D eigenvalue weighted by Gasteiger charge is -2.15. The monoisotopic (exact) mass is 563 g/mol. The van der Waals surface area contributed by atoms with E-state index in [9.17, 15) is 4.79 Å². The minimum Gasteiger partial charge on any atom is -0.480 e. The highest BCUT2D eigenvalue weighted by Crippen LogP contribution is 2.39. The molecule has 0 spiro atoms. The summed E-state index contributed by atoms with van der Waals surface area (Å²) in [6.07, 6.45) is 3.93. The molecule has 2 aliphatic heterocycles. The first-order chi connectivity index (χ1) is 20.0. The van der Waals surface area contributed by atoms with E-state index in [4.69, 9.17) is 21.3 Å². The van der Waals surface area contributed by atoms with E-state index in [1.807, 2.05) is 61.5 Å². The summed E-state index contributed by atoms with van der Waals surface area (Å²) >= 11 is 7.04. The molecule has 7 nitrogen and oxygen atoms in total. The number of aliphatic imine (C=N–C) groups is 2. The van der Waals surface area contributed by atoms with Crippen molar-refractivity contribution in [1.82, 2.24) is 15.3 Å². The third-order valence-corrected chi connectivity index (χ3v) is 8.00. The van der Waals surface area contributed by atoms with Crippen molar-refractivity contribution in [1.29, 1.82) is 0 Å². The molecule has 6 rings (SSSR count). The van der Waals surface area contributed by atoms with Crippen molar-refractivity contribution in [2.75, 3.05) is 26.7 Å². The second kappa shape index (κ2) is 11.6. The fourth-order valence-corrected chi connectivity index (χ4v) is 5.71. The molecule has 2 aliphatic rings. The highest BCUT2D eigenvalue weighted by molar-refractivity contribution is 6.36. The number of benzene rings is 2. The highest BCUT2D eigenvalue weighted by atomic mass is 35.5. The zero-order chi connectivity index (χ0) is 28.3. The van der Waals surface area contributed by atoms with Gasteiger partial charge in [-0.2, -0.15) is 0 Å². The van der Waals surface area contributed by atoms with Gasteiger partial charge >= 0.3 is 0 Å². The largest absolute Gasteiger partial charge is 0.480 e. The normalized spacial score (nSPS) is 14.4. The number of amidine groups is 1. The van der Waals surface area contributed by atoms with Crippen molar-refractivity contribution in [3.8, 4) is 28.3 Å². The summed E-state index contributed by atoms with van der Waals surface area (Å²) in [4.78, 5) is 31.4. The number of methoxy groups -OCH3 is 1. The number of halogens is 1. The van der Waals surface area contributed by atoms with Crippen molar-refractivity contribution in [3.05, 3.63) is 99.8 Å². The predicted molar refractivity (Wildman–Crippen MR) is 164 cm³/mol. The number of hydrogen-bond donors (Lipinski definition) is 1. The fourth-order valence-electron chi connectivity index (χ4n) is 5.38. The topological polar surface area (TPSA) is 88.8 Å². The Balaban J connectivity index is 1.27. The van der Waals surface area contributed by atoms with Crippen LogP contribution in [0.25, 0.3) is 22.4 Å². The van der Waals surface area contributed by atoms with Crippen LogP contribution in [0.3, 0.4) is 0 Å². The molecular weight excluding hydrogens is 534 g/mol. The summed E-state index contributed by atoms with van der Waals surface area (Å²) < 4.78 is 5.63. The number of carbonyl (C=O) groups is 1. The molecule has 0 bridgehead atoms. The Hall–Kier alpha value is -4.36. The van der Waals surface area contributed by atoms with Gasteiger partial charge in [0.15, 0.2) is 5.78 Å². The van der Waals surface area contributed by atoms with Gasteiger partial charge in [0.05, 0.1) is 29.9 Å². The Bertz CT molecular complexity index is 1690. The number of rotatable bonds is 8. The minimum atomic E-state index is -0.0405. The minimum absolute atomic E-state index is 0.0405. The number of aromatic nitrogens is 2. The molecule has 2 aromatic heterocycles. The summed E-state index contributed by atoms with van der Waals surface area (Å²) in [5, 5.41) is 3.83. The van der Waals surface area contributed by atoms with Gasteiger partial charge in [-0.05, 0) is 60.7 Å². The summed E-state index contributed by atoms with van der Waals surface area (Å²) in [7, 11) is 1.63. The van der Waals surface area contributed by atoms with Gasteiger partial charge in [0.2, 0.25) is 5.88 Å². The number of nitrogens with zero attached hydrogens (tertiary/aromatic N) is 4. The molecule has 1 N–H and O–H groups in total. The van der Waals surface area contributed by atoms with E-state index >= 15 is 0 Å². The Morgan fingerprint density at radius 1 is 0.951 bits per heavy atom. The van der Waals surface area contributed by atoms with E-state index in [-0.39, 0.29) is 12.2 Å². The van der Waals surface area contributed by atoms with E-state index < -0.39 is 0 Å². The van der Waals surface area contributed by atoms with Gasteiger partial charge in [0.1, 0.15) is 11.5 Å². The van der Waals surface area contributed by atoms with Gasteiger partial charge in [0.25, 0.3) is 0 Å². The zero-order valence-electron chi connectivity index (χ0n) is 23.1. The number of Topliss-reactive ketones (excluding diaryl/α,β-unsaturated/α-hetero) is 1. The van der Waals surface area contributed by atoms with Gasteiger partial charge in [-0.1, -0.05) is 48.0 Å². The van der Waals surface area contributed by atoms with Crippen molar-refractivity contribution < 1.29 is 9.53 Å². The van der Waals surface area contributed by atoms with Crippen LogP contribution in [0.15, 0.2) is 76.8 Å². The second-order valence-electron chi connectivity index (χ2n) is 10.1. The molecule has 2 aromatic carbocycles. The Morgan fingerprint density at radius 2 is 1.78 bits per heavy atom. The van der Waals surface area contributed by atoms with Gasteiger partial charge < -0.3 is 10.1 Å².